The molecule has 0 aliphatic carbocycles. The Morgan fingerprint density at radius 2 is 1.74 bits per heavy atom. The second-order valence-corrected chi connectivity index (χ2v) is 5.74. The minimum Gasteiger partial charge on any atom is -0.490 e. The van der Waals surface area contributed by atoms with E-state index in [0.29, 0.717) is 45.5 Å². The van der Waals surface area contributed by atoms with Crippen LogP contribution in [-0.2, 0) is 0 Å². The first kappa shape index (κ1) is 17.5. The van der Waals surface area contributed by atoms with E-state index in [1.165, 1.54) is 0 Å². The summed E-state index contributed by atoms with van der Waals surface area (Å²) in [6.07, 6.45) is 0. The molecule has 23 heavy (non-hydrogen) atoms. The average molecular weight is 397 g/mol. The summed E-state index contributed by atoms with van der Waals surface area (Å²) >= 11 is 9.26. The van der Waals surface area contributed by atoms with E-state index in [0.717, 1.165) is 0 Å². The van der Waals surface area contributed by atoms with Crippen molar-refractivity contribution in [1.29, 1.82) is 5.26 Å². The monoisotopic (exact) mass is 395 g/mol. The summed E-state index contributed by atoms with van der Waals surface area (Å²) in [5.74, 6) is 1.81. The van der Waals surface area contributed by atoms with Gasteiger partial charge in [0.15, 0.2) is 17.2 Å². The third-order valence-corrected chi connectivity index (χ3v) is 3.67. The number of nitrogens with zero attached hydrogens (tertiary/aromatic N) is 1. The van der Waals surface area contributed by atoms with Crippen LogP contribution >= 0.6 is 27.5 Å². The van der Waals surface area contributed by atoms with Gasteiger partial charge in [0.1, 0.15) is 19.3 Å². The molecule has 0 aliphatic heterocycles. The summed E-state index contributed by atoms with van der Waals surface area (Å²) in [7, 11) is 0. The van der Waals surface area contributed by atoms with Gasteiger partial charge in [-0.1, -0.05) is 23.7 Å². The van der Waals surface area contributed by atoms with Crippen molar-refractivity contribution in [3.05, 3.63) is 51.5 Å². The molecular weight excluding hydrogens is 382 g/mol. The maximum atomic E-state index is 9.14. The molecule has 2 aromatic carbocycles. The van der Waals surface area contributed by atoms with Gasteiger partial charge in [0.05, 0.1) is 16.6 Å². The lowest BCUT2D eigenvalue weighted by molar-refractivity contribution is 0.207. The summed E-state index contributed by atoms with van der Waals surface area (Å²) in [4.78, 5) is 0. The Morgan fingerprint density at radius 1 is 1.09 bits per heavy atom. The quantitative estimate of drug-likeness (QED) is 0.629. The SMILES string of the molecule is CCOc1ccccc1OCCOc1c(Br)cc(Cl)cc1C#N. The highest BCUT2D eigenvalue weighted by molar-refractivity contribution is 9.10. The third kappa shape index (κ3) is 4.78. The van der Waals surface area contributed by atoms with Crippen LogP contribution in [0.5, 0.6) is 17.2 Å². The van der Waals surface area contributed by atoms with Crippen LogP contribution < -0.4 is 14.2 Å². The predicted octanol–water partition coefficient (Wildman–Crippen LogP) is 4.83. The number of halogens is 2. The Morgan fingerprint density at radius 3 is 2.39 bits per heavy atom. The fourth-order valence-electron chi connectivity index (χ4n) is 1.93. The molecular formula is C17H15BrClNO3. The molecule has 0 aromatic heterocycles. The van der Waals surface area contributed by atoms with E-state index in [1.54, 1.807) is 12.1 Å². The van der Waals surface area contributed by atoms with Gasteiger partial charge < -0.3 is 14.2 Å². The van der Waals surface area contributed by atoms with Crippen molar-refractivity contribution in [2.24, 2.45) is 0 Å². The molecule has 0 saturated heterocycles. The molecule has 0 heterocycles. The van der Waals surface area contributed by atoms with E-state index < -0.39 is 0 Å². The zero-order valence-electron chi connectivity index (χ0n) is 12.5. The molecule has 0 amide bonds. The molecule has 0 bridgehead atoms. The van der Waals surface area contributed by atoms with E-state index in [9.17, 15) is 0 Å². The zero-order chi connectivity index (χ0) is 16.7. The van der Waals surface area contributed by atoms with Gasteiger partial charge in [0, 0.05) is 5.02 Å². The Hall–Kier alpha value is -1.90. The van der Waals surface area contributed by atoms with Gasteiger partial charge in [-0.3, -0.25) is 0 Å². The van der Waals surface area contributed by atoms with Crippen LogP contribution in [0.4, 0.5) is 0 Å². The number of hydrogen-bond acceptors (Lipinski definition) is 4. The van der Waals surface area contributed by atoms with E-state index in [4.69, 9.17) is 31.1 Å². The van der Waals surface area contributed by atoms with Gasteiger partial charge >= 0.3 is 0 Å². The van der Waals surface area contributed by atoms with Crippen LogP contribution in [0.1, 0.15) is 12.5 Å². The Kier molecular flexibility index (Phi) is 6.57. The Labute approximate surface area is 148 Å². The van der Waals surface area contributed by atoms with Crippen molar-refractivity contribution < 1.29 is 14.2 Å². The third-order valence-electron chi connectivity index (χ3n) is 2.87. The second kappa shape index (κ2) is 8.66. The molecule has 0 fully saturated rings. The molecule has 2 aromatic rings. The number of para-hydroxylation sites is 2. The predicted molar refractivity (Wildman–Crippen MR) is 92.5 cm³/mol. The van der Waals surface area contributed by atoms with Crippen LogP contribution in [0.3, 0.4) is 0 Å². The van der Waals surface area contributed by atoms with E-state index in [-0.39, 0.29) is 6.61 Å². The van der Waals surface area contributed by atoms with Crippen LogP contribution in [0.2, 0.25) is 5.02 Å². The number of ether oxygens (including phenoxy) is 3. The summed E-state index contributed by atoms with van der Waals surface area (Å²) in [6, 6.07) is 12.8. The summed E-state index contributed by atoms with van der Waals surface area (Å²) < 4.78 is 17.4. The number of nitriles is 1. The molecule has 0 unspecified atom stereocenters. The van der Waals surface area contributed by atoms with Crippen LogP contribution in [0, 0.1) is 11.3 Å². The van der Waals surface area contributed by atoms with E-state index in [1.807, 2.05) is 31.2 Å². The summed E-state index contributed by atoms with van der Waals surface area (Å²) in [5.41, 5.74) is 0.374. The van der Waals surface area contributed by atoms with Gasteiger partial charge in [-0.15, -0.1) is 0 Å². The van der Waals surface area contributed by atoms with Crippen molar-refractivity contribution in [2.75, 3.05) is 19.8 Å². The van der Waals surface area contributed by atoms with Gasteiger partial charge in [0.25, 0.3) is 0 Å². The maximum absolute atomic E-state index is 9.14. The molecule has 0 aliphatic rings. The van der Waals surface area contributed by atoms with Crippen molar-refractivity contribution in [3.8, 4) is 23.3 Å². The topological polar surface area (TPSA) is 51.5 Å². The average Bonchev–Trinajstić information content (AvgIpc) is 2.54. The highest BCUT2D eigenvalue weighted by Crippen LogP contribution is 2.32. The second-order valence-electron chi connectivity index (χ2n) is 4.45. The van der Waals surface area contributed by atoms with Crippen molar-refractivity contribution in [1.82, 2.24) is 0 Å². The van der Waals surface area contributed by atoms with Gasteiger partial charge in [-0.25, -0.2) is 0 Å². The zero-order valence-corrected chi connectivity index (χ0v) is 14.9. The molecule has 0 spiro atoms. The first-order valence-corrected chi connectivity index (χ1v) is 8.19. The van der Waals surface area contributed by atoms with Crippen LogP contribution in [-0.4, -0.2) is 19.8 Å². The fourth-order valence-corrected chi connectivity index (χ4v) is 2.85. The number of rotatable bonds is 7. The molecule has 0 atom stereocenters. The fraction of sp³-hybridized carbons (Fsp3) is 0.235. The molecule has 120 valence electrons. The largest absolute Gasteiger partial charge is 0.490 e. The molecule has 2 rings (SSSR count). The lowest BCUT2D eigenvalue weighted by Gasteiger charge is -2.13. The van der Waals surface area contributed by atoms with E-state index in [2.05, 4.69) is 22.0 Å². The van der Waals surface area contributed by atoms with Crippen LogP contribution in [0.15, 0.2) is 40.9 Å². The van der Waals surface area contributed by atoms with Gasteiger partial charge in [0.2, 0.25) is 0 Å². The Balaban J connectivity index is 1.95. The smallest absolute Gasteiger partial charge is 0.161 e. The van der Waals surface area contributed by atoms with Crippen molar-refractivity contribution in [2.45, 2.75) is 6.92 Å². The molecule has 0 N–H and O–H groups in total. The lowest BCUT2D eigenvalue weighted by atomic mass is 10.2. The molecule has 0 radical (unpaired) electrons. The van der Waals surface area contributed by atoms with Crippen molar-refractivity contribution >= 4 is 27.5 Å². The highest BCUT2D eigenvalue weighted by atomic mass is 79.9. The number of hydrogen-bond donors (Lipinski definition) is 0. The Bertz CT molecular complexity index is 715. The van der Waals surface area contributed by atoms with Crippen molar-refractivity contribution in [3.63, 3.8) is 0 Å². The molecule has 0 saturated carbocycles. The first-order chi connectivity index (χ1) is 11.2. The van der Waals surface area contributed by atoms with Gasteiger partial charge in [-0.2, -0.15) is 5.26 Å². The number of benzene rings is 2. The first-order valence-electron chi connectivity index (χ1n) is 7.02. The summed E-state index contributed by atoms with van der Waals surface area (Å²) in [6.45, 7) is 3.10. The van der Waals surface area contributed by atoms with Gasteiger partial charge in [-0.05, 0) is 47.1 Å². The highest BCUT2D eigenvalue weighted by Gasteiger charge is 2.10. The standard InChI is InChI=1S/C17H15BrClNO3/c1-2-21-15-5-3-4-6-16(15)22-7-8-23-17-12(11-20)9-13(19)10-14(17)18/h3-6,9-10H,2,7-8H2,1H3. The molecule has 4 nitrogen and oxygen atoms in total. The minimum absolute atomic E-state index is 0.287. The maximum Gasteiger partial charge on any atom is 0.161 e. The summed E-state index contributed by atoms with van der Waals surface area (Å²) in [5, 5.41) is 9.61. The lowest BCUT2D eigenvalue weighted by Crippen LogP contribution is -2.10. The minimum atomic E-state index is 0.287. The van der Waals surface area contributed by atoms with Crippen LogP contribution in [0.25, 0.3) is 0 Å². The van der Waals surface area contributed by atoms with E-state index >= 15 is 0 Å². The normalized spacial score (nSPS) is 10.0. The molecule has 6 heteroatoms.